The molecule has 3 aromatic carbocycles. The second-order valence-electron chi connectivity index (χ2n) is 11.7. The maximum absolute atomic E-state index is 13.7. The van der Waals surface area contributed by atoms with E-state index in [9.17, 15) is 9.90 Å². The summed E-state index contributed by atoms with van der Waals surface area (Å²) in [6.07, 6.45) is 1.93. The van der Waals surface area contributed by atoms with Crippen molar-refractivity contribution in [3.8, 4) is 16.9 Å². The summed E-state index contributed by atoms with van der Waals surface area (Å²) in [6.45, 7) is 10.0. The number of aliphatic hydroxyl groups is 1. The third-order valence-corrected chi connectivity index (χ3v) is 7.22. The number of hydrogen-bond acceptors (Lipinski definition) is 5. The number of carbonyl (C=O) groups excluding carboxylic acids is 1. The first-order valence-electron chi connectivity index (χ1n) is 13.5. The van der Waals surface area contributed by atoms with Crippen LogP contribution in [0.1, 0.15) is 38.3 Å². The first kappa shape index (κ1) is 26.7. The van der Waals surface area contributed by atoms with Crippen molar-refractivity contribution in [2.24, 2.45) is 5.41 Å². The quantitative estimate of drug-likeness (QED) is 0.305. The average molecular weight is 524 g/mol. The molecule has 1 aliphatic rings. The standard InChI is InChI=1S/C33H37N3O3/c1-22-16-25(10-13-30(22)39-5)24-8-6-23(7-9-24)19-36(31(38)18-33(2,3)4)32-29-12-11-27(35-20-28(37)21-35)17-26(29)14-15-34-32/h6-17,28,37H,18-21H2,1-5H3. The molecule has 0 unspecified atom stereocenters. The largest absolute Gasteiger partial charge is 0.496 e. The number of anilines is 2. The van der Waals surface area contributed by atoms with Crippen LogP contribution in [0, 0.1) is 12.3 Å². The van der Waals surface area contributed by atoms with Crippen LogP contribution < -0.4 is 14.5 Å². The fraction of sp³-hybridized carbons (Fsp3) is 0.333. The third kappa shape index (κ3) is 5.91. The number of aryl methyl sites for hydroxylation is 1. The lowest BCUT2D eigenvalue weighted by Crippen LogP contribution is -2.50. The number of aromatic nitrogens is 1. The molecule has 1 saturated heterocycles. The fourth-order valence-electron chi connectivity index (χ4n) is 5.10. The molecular weight excluding hydrogens is 486 g/mol. The van der Waals surface area contributed by atoms with E-state index in [0.29, 0.717) is 31.9 Å². The maximum Gasteiger partial charge on any atom is 0.229 e. The van der Waals surface area contributed by atoms with Gasteiger partial charge in [-0.3, -0.25) is 9.69 Å². The van der Waals surface area contributed by atoms with Gasteiger partial charge in [-0.15, -0.1) is 0 Å². The number of hydrogen-bond donors (Lipinski definition) is 1. The molecule has 202 valence electrons. The highest BCUT2D eigenvalue weighted by Crippen LogP contribution is 2.33. The predicted molar refractivity (Wildman–Crippen MR) is 158 cm³/mol. The van der Waals surface area contributed by atoms with Gasteiger partial charge in [-0.25, -0.2) is 4.98 Å². The van der Waals surface area contributed by atoms with Gasteiger partial charge in [0.1, 0.15) is 11.6 Å². The highest BCUT2D eigenvalue weighted by molar-refractivity contribution is 6.03. The van der Waals surface area contributed by atoms with Crippen molar-refractivity contribution in [1.29, 1.82) is 0 Å². The Labute approximate surface area is 230 Å². The Balaban J connectivity index is 1.46. The lowest BCUT2D eigenvalue weighted by atomic mass is 9.91. The van der Waals surface area contributed by atoms with Crippen LogP contribution in [0.4, 0.5) is 11.5 Å². The number of nitrogens with zero attached hydrogens (tertiary/aromatic N) is 3. The molecule has 6 heteroatoms. The van der Waals surface area contributed by atoms with Gasteiger partial charge in [0, 0.05) is 36.8 Å². The van der Waals surface area contributed by atoms with Crippen molar-refractivity contribution in [1.82, 2.24) is 4.98 Å². The summed E-state index contributed by atoms with van der Waals surface area (Å²) in [4.78, 5) is 22.4. The van der Waals surface area contributed by atoms with E-state index in [4.69, 9.17) is 9.72 Å². The molecule has 1 fully saturated rings. The summed E-state index contributed by atoms with van der Waals surface area (Å²) in [5.41, 5.74) is 5.29. The Morgan fingerprint density at radius 2 is 1.74 bits per heavy atom. The van der Waals surface area contributed by atoms with Crippen LogP contribution in [0.2, 0.25) is 0 Å². The van der Waals surface area contributed by atoms with Gasteiger partial charge in [0.05, 0.1) is 19.8 Å². The highest BCUT2D eigenvalue weighted by Gasteiger charge is 2.27. The van der Waals surface area contributed by atoms with Crippen LogP contribution in [0.25, 0.3) is 21.9 Å². The zero-order chi connectivity index (χ0) is 27.7. The lowest BCUT2D eigenvalue weighted by molar-refractivity contribution is -0.120. The average Bonchev–Trinajstić information content (AvgIpc) is 2.88. The number of amides is 1. The molecule has 5 rings (SSSR count). The van der Waals surface area contributed by atoms with Gasteiger partial charge in [0.25, 0.3) is 0 Å². The van der Waals surface area contributed by atoms with Gasteiger partial charge in [0.15, 0.2) is 0 Å². The SMILES string of the molecule is COc1ccc(-c2ccc(CN(C(=O)CC(C)(C)C)c3nccc4cc(N5CC(O)C5)ccc34)cc2)cc1C. The number of pyridine rings is 1. The minimum Gasteiger partial charge on any atom is -0.496 e. The molecule has 0 aliphatic carbocycles. The van der Waals surface area contributed by atoms with Crippen molar-refractivity contribution >= 4 is 28.2 Å². The van der Waals surface area contributed by atoms with E-state index in [1.54, 1.807) is 13.3 Å². The second kappa shape index (κ2) is 10.7. The van der Waals surface area contributed by atoms with E-state index in [-0.39, 0.29) is 17.4 Å². The molecule has 39 heavy (non-hydrogen) atoms. The number of β-amino-alcohol motifs (C(OH)–C–C–N with tert-alkyl or cyclic N) is 1. The predicted octanol–water partition coefficient (Wildman–Crippen LogP) is 6.37. The normalized spacial score (nSPS) is 13.8. The summed E-state index contributed by atoms with van der Waals surface area (Å²) < 4.78 is 5.40. The zero-order valence-corrected chi connectivity index (χ0v) is 23.4. The molecule has 1 aromatic heterocycles. The van der Waals surface area contributed by atoms with Crippen LogP contribution >= 0.6 is 0 Å². The summed E-state index contributed by atoms with van der Waals surface area (Å²) in [7, 11) is 1.69. The monoisotopic (exact) mass is 523 g/mol. The summed E-state index contributed by atoms with van der Waals surface area (Å²) >= 11 is 0. The Bertz CT molecular complexity index is 1480. The Hall–Kier alpha value is -3.90. The van der Waals surface area contributed by atoms with E-state index in [1.165, 1.54) is 0 Å². The number of aliphatic hydroxyl groups excluding tert-OH is 1. The first-order valence-corrected chi connectivity index (χ1v) is 13.5. The van der Waals surface area contributed by atoms with Crippen molar-refractivity contribution in [3.05, 3.63) is 84.1 Å². The Morgan fingerprint density at radius 1 is 1.03 bits per heavy atom. The topological polar surface area (TPSA) is 65.9 Å². The van der Waals surface area contributed by atoms with Crippen molar-refractivity contribution in [2.75, 3.05) is 30.0 Å². The van der Waals surface area contributed by atoms with Gasteiger partial charge in [-0.05, 0) is 76.4 Å². The van der Waals surface area contributed by atoms with Crippen LogP contribution in [-0.4, -0.2) is 42.3 Å². The minimum atomic E-state index is -0.264. The summed E-state index contributed by atoms with van der Waals surface area (Å²) in [6, 6.07) is 22.8. The maximum atomic E-state index is 13.7. The second-order valence-corrected chi connectivity index (χ2v) is 11.7. The molecule has 1 N–H and O–H groups in total. The van der Waals surface area contributed by atoms with Crippen LogP contribution in [-0.2, 0) is 11.3 Å². The molecule has 0 saturated carbocycles. The number of fused-ring (bicyclic) bond motifs is 1. The Kier molecular flexibility index (Phi) is 7.32. The molecular formula is C33H37N3O3. The fourth-order valence-corrected chi connectivity index (χ4v) is 5.10. The number of ether oxygens (including phenoxy) is 1. The molecule has 0 spiro atoms. The molecule has 0 atom stereocenters. The number of rotatable bonds is 7. The molecule has 1 amide bonds. The first-order chi connectivity index (χ1) is 18.6. The van der Waals surface area contributed by atoms with Crippen molar-refractivity contribution in [2.45, 2.75) is 46.8 Å². The van der Waals surface area contributed by atoms with E-state index in [1.807, 2.05) is 30.0 Å². The van der Waals surface area contributed by atoms with E-state index < -0.39 is 0 Å². The Morgan fingerprint density at radius 3 is 2.38 bits per heavy atom. The third-order valence-electron chi connectivity index (χ3n) is 7.22. The molecule has 1 aliphatic heterocycles. The lowest BCUT2D eigenvalue weighted by Gasteiger charge is -2.38. The van der Waals surface area contributed by atoms with Crippen molar-refractivity contribution in [3.63, 3.8) is 0 Å². The molecule has 0 radical (unpaired) electrons. The number of carbonyl (C=O) groups is 1. The van der Waals surface area contributed by atoms with E-state index in [0.717, 1.165) is 44.5 Å². The molecule has 0 bridgehead atoms. The number of benzene rings is 3. The smallest absolute Gasteiger partial charge is 0.229 e. The van der Waals surface area contributed by atoms with E-state index >= 15 is 0 Å². The van der Waals surface area contributed by atoms with Gasteiger partial charge in [-0.2, -0.15) is 0 Å². The van der Waals surface area contributed by atoms with Gasteiger partial charge >= 0.3 is 0 Å². The minimum absolute atomic E-state index is 0.0484. The van der Waals surface area contributed by atoms with Gasteiger partial charge < -0.3 is 14.7 Å². The summed E-state index contributed by atoms with van der Waals surface area (Å²) in [5, 5.41) is 11.7. The van der Waals surface area contributed by atoms with Crippen LogP contribution in [0.5, 0.6) is 5.75 Å². The van der Waals surface area contributed by atoms with Gasteiger partial charge in [-0.1, -0.05) is 51.1 Å². The van der Waals surface area contributed by atoms with Crippen LogP contribution in [0.3, 0.4) is 0 Å². The summed E-state index contributed by atoms with van der Waals surface area (Å²) in [5.74, 6) is 1.60. The van der Waals surface area contributed by atoms with E-state index in [2.05, 4.69) is 74.2 Å². The van der Waals surface area contributed by atoms with Gasteiger partial charge in [0.2, 0.25) is 5.91 Å². The molecule has 4 aromatic rings. The highest BCUT2D eigenvalue weighted by atomic mass is 16.5. The van der Waals surface area contributed by atoms with Crippen LogP contribution in [0.15, 0.2) is 72.9 Å². The van der Waals surface area contributed by atoms with Crippen molar-refractivity contribution < 1.29 is 14.6 Å². The zero-order valence-electron chi connectivity index (χ0n) is 23.4. The molecule has 6 nitrogen and oxygen atoms in total. The number of methoxy groups -OCH3 is 1. The molecule has 2 heterocycles.